The number of hydrogen-bond acceptors (Lipinski definition) is 7. The van der Waals surface area contributed by atoms with Crippen molar-refractivity contribution in [3.8, 4) is 11.5 Å². The SMILES string of the molecule is CCOC(=O)C1=C(C)N=c2s/c(=C/c3cc(Cl)c(OCc4cccc(F)c4)c(OCC)c3)c(=O)n2[C@H]1c1ccc(C)cc1. The Hall–Kier alpha value is -4.21. The number of fused-ring (bicyclic) bond motifs is 1. The number of carbonyl (C=O) groups is 1. The molecule has 1 atom stereocenters. The first-order valence-electron chi connectivity index (χ1n) is 13.8. The van der Waals surface area contributed by atoms with Crippen molar-refractivity contribution in [1.29, 1.82) is 0 Å². The molecule has 2 heterocycles. The maximum Gasteiger partial charge on any atom is 0.338 e. The molecule has 0 saturated heterocycles. The standard InChI is InChI=1S/C33H30ClFN2O5S/c1-5-40-26-16-22(15-25(34)30(26)42-18-21-8-7-9-24(35)14-21)17-27-31(38)37-29(23-12-10-19(3)11-13-23)28(32(39)41-6-2)20(4)36-33(37)43-27/h7-17,29H,5-6,18H2,1-4H3/b27-17+/t29-/m0/s1. The number of rotatable bonds is 9. The molecule has 1 aliphatic heterocycles. The lowest BCUT2D eigenvalue weighted by molar-refractivity contribution is -0.139. The Morgan fingerprint density at radius 1 is 1.07 bits per heavy atom. The van der Waals surface area contributed by atoms with Gasteiger partial charge in [-0.25, -0.2) is 14.2 Å². The molecule has 4 aromatic rings. The Morgan fingerprint density at radius 3 is 2.53 bits per heavy atom. The molecule has 0 amide bonds. The van der Waals surface area contributed by atoms with Crippen LogP contribution in [0.1, 0.15) is 49.1 Å². The molecule has 0 aliphatic carbocycles. The van der Waals surface area contributed by atoms with Crippen molar-refractivity contribution in [3.05, 3.63) is 125 Å². The number of aryl methyl sites for hydroxylation is 1. The summed E-state index contributed by atoms with van der Waals surface area (Å²) in [6, 6.07) is 16.5. The van der Waals surface area contributed by atoms with Crippen molar-refractivity contribution in [1.82, 2.24) is 4.57 Å². The molecule has 5 rings (SSSR count). The first-order valence-corrected chi connectivity index (χ1v) is 15.0. The highest BCUT2D eigenvalue weighted by Crippen LogP contribution is 2.37. The molecule has 0 radical (unpaired) electrons. The monoisotopic (exact) mass is 620 g/mol. The average Bonchev–Trinajstić information content (AvgIpc) is 3.26. The van der Waals surface area contributed by atoms with Gasteiger partial charge in [0.25, 0.3) is 5.56 Å². The fourth-order valence-corrected chi connectivity index (χ4v) is 6.18. The third-order valence-electron chi connectivity index (χ3n) is 6.81. The van der Waals surface area contributed by atoms with E-state index in [0.717, 1.165) is 11.1 Å². The van der Waals surface area contributed by atoms with Crippen molar-refractivity contribution in [2.45, 2.75) is 40.3 Å². The Balaban J connectivity index is 1.58. The zero-order chi connectivity index (χ0) is 30.7. The van der Waals surface area contributed by atoms with Gasteiger partial charge < -0.3 is 14.2 Å². The number of allylic oxidation sites excluding steroid dienone is 1. The average molecular weight is 621 g/mol. The molecule has 0 N–H and O–H groups in total. The summed E-state index contributed by atoms with van der Waals surface area (Å²) < 4.78 is 32.7. The second-order valence-corrected chi connectivity index (χ2v) is 11.3. The van der Waals surface area contributed by atoms with Crippen LogP contribution in [0.5, 0.6) is 11.5 Å². The van der Waals surface area contributed by atoms with E-state index in [1.807, 2.05) is 38.1 Å². The Labute approximate surface area is 257 Å². The molecule has 0 unspecified atom stereocenters. The minimum Gasteiger partial charge on any atom is -0.490 e. The molecule has 1 aromatic heterocycles. The van der Waals surface area contributed by atoms with E-state index in [1.165, 1.54) is 23.5 Å². The predicted molar refractivity (Wildman–Crippen MR) is 165 cm³/mol. The van der Waals surface area contributed by atoms with Crippen molar-refractivity contribution in [2.75, 3.05) is 13.2 Å². The van der Waals surface area contributed by atoms with E-state index < -0.39 is 12.0 Å². The normalized spacial score (nSPS) is 14.7. The van der Waals surface area contributed by atoms with Crippen LogP contribution in [0.25, 0.3) is 6.08 Å². The highest BCUT2D eigenvalue weighted by Gasteiger charge is 2.33. The van der Waals surface area contributed by atoms with E-state index in [9.17, 15) is 14.0 Å². The van der Waals surface area contributed by atoms with E-state index >= 15 is 0 Å². The molecular weight excluding hydrogens is 591 g/mol. The fourth-order valence-electron chi connectivity index (χ4n) is 4.86. The van der Waals surface area contributed by atoms with Crippen LogP contribution in [0.4, 0.5) is 4.39 Å². The summed E-state index contributed by atoms with van der Waals surface area (Å²) in [5.41, 5.74) is 3.61. The van der Waals surface area contributed by atoms with E-state index in [0.29, 0.717) is 49.8 Å². The number of carbonyl (C=O) groups excluding carboxylic acids is 1. The summed E-state index contributed by atoms with van der Waals surface area (Å²) in [6.45, 7) is 7.95. The molecular formula is C33H30ClFN2O5S. The zero-order valence-corrected chi connectivity index (χ0v) is 25.7. The van der Waals surface area contributed by atoms with Gasteiger partial charge in [0.2, 0.25) is 0 Å². The molecule has 222 valence electrons. The van der Waals surface area contributed by atoms with Gasteiger partial charge in [-0.05, 0) is 74.7 Å². The molecule has 7 nitrogen and oxygen atoms in total. The number of ether oxygens (including phenoxy) is 3. The quantitative estimate of drug-likeness (QED) is 0.219. The van der Waals surface area contributed by atoms with Gasteiger partial charge in [0, 0.05) is 0 Å². The summed E-state index contributed by atoms with van der Waals surface area (Å²) in [5.74, 6) is -0.155. The van der Waals surface area contributed by atoms with Crippen LogP contribution in [-0.4, -0.2) is 23.8 Å². The summed E-state index contributed by atoms with van der Waals surface area (Å²) >= 11 is 7.86. The second-order valence-electron chi connectivity index (χ2n) is 9.89. The minimum atomic E-state index is -0.695. The smallest absolute Gasteiger partial charge is 0.338 e. The zero-order valence-electron chi connectivity index (χ0n) is 24.1. The maximum atomic E-state index is 13.9. The fraction of sp³-hybridized carbons (Fsp3) is 0.242. The van der Waals surface area contributed by atoms with Crippen LogP contribution >= 0.6 is 22.9 Å². The van der Waals surface area contributed by atoms with Gasteiger partial charge in [0.05, 0.1) is 40.1 Å². The van der Waals surface area contributed by atoms with Crippen molar-refractivity contribution < 1.29 is 23.4 Å². The first kappa shape index (κ1) is 30.3. The number of aromatic nitrogens is 1. The van der Waals surface area contributed by atoms with Crippen LogP contribution in [0.3, 0.4) is 0 Å². The van der Waals surface area contributed by atoms with Crippen LogP contribution in [-0.2, 0) is 16.1 Å². The Morgan fingerprint density at radius 2 is 1.84 bits per heavy atom. The van der Waals surface area contributed by atoms with Gasteiger partial charge in [0.1, 0.15) is 12.4 Å². The highest BCUT2D eigenvalue weighted by molar-refractivity contribution is 7.07. The van der Waals surface area contributed by atoms with Crippen molar-refractivity contribution in [3.63, 3.8) is 0 Å². The van der Waals surface area contributed by atoms with Crippen LogP contribution < -0.4 is 24.4 Å². The molecule has 0 fully saturated rings. The van der Waals surface area contributed by atoms with Gasteiger partial charge in [-0.3, -0.25) is 9.36 Å². The van der Waals surface area contributed by atoms with Crippen LogP contribution in [0.2, 0.25) is 5.02 Å². The second kappa shape index (κ2) is 13.0. The molecule has 3 aromatic carbocycles. The lowest BCUT2D eigenvalue weighted by atomic mass is 9.95. The predicted octanol–water partition coefficient (Wildman–Crippen LogP) is 5.88. The minimum absolute atomic E-state index is 0.0939. The van der Waals surface area contributed by atoms with E-state index in [1.54, 1.807) is 48.8 Å². The molecule has 10 heteroatoms. The molecule has 1 aliphatic rings. The van der Waals surface area contributed by atoms with E-state index in [4.69, 9.17) is 25.8 Å². The van der Waals surface area contributed by atoms with Crippen LogP contribution in [0, 0.1) is 12.7 Å². The Kier molecular flexibility index (Phi) is 9.13. The third-order valence-corrected chi connectivity index (χ3v) is 8.08. The van der Waals surface area contributed by atoms with Crippen molar-refractivity contribution in [2.24, 2.45) is 4.99 Å². The largest absolute Gasteiger partial charge is 0.490 e. The molecule has 0 saturated carbocycles. The topological polar surface area (TPSA) is 79.1 Å². The van der Waals surface area contributed by atoms with Gasteiger partial charge in [-0.1, -0.05) is 64.9 Å². The number of nitrogens with zero attached hydrogens (tertiary/aromatic N) is 2. The van der Waals surface area contributed by atoms with Gasteiger partial charge in [-0.15, -0.1) is 0 Å². The van der Waals surface area contributed by atoms with Gasteiger partial charge in [0.15, 0.2) is 16.3 Å². The molecule has 0 bridgehead atoms. The third kappa shape index (κ3) is 6.43. The molecule has 0 spiro atoms. The summed E-state index contributed by atoms with van der Waals surface area (Å²) in [7, 11) is 0. The number of esters is 1. The summed E-state index contributed by atoms with van der Waals surface area (Å²) in [6.07, 6.45) is 1.71. The lowest BCUT2D eigenvalue weighted by Gasteiger charge is -2.24. The Bertz CT molecular complexity index is 1900. The van der Waals surface area contributed by atoms with Gasteiger partial charge in [-0.2, -0.15) is 0 Å². The van der Waals surface area contributed by atoms with Crippen LogP contribution in [0.15, 0.2) is 81.7 Å². The van der Waals surface area contributed by atoms with E-state index in [-0.39, 0.29) is 29.6 Å². The van der Waals surface area contributed by atoms with Gasteiger partial charge >= 0.3 is 5.97 Å². The lowest BCUT2D eigenvalue weighted by Crippen LogP contribution is -2.39. The summed E-state index contributed by atoms with van der Waals surface area (Å²) in [4.78, 5) is 32.1. The maximum absolute atomic E-state index is 13.9. The number of thiazole rings is 1. The van der Waals surface area contributed by atoms with E-state index in [2.05, 4.69) is 4.99 Å². The number of benzene rings is 3. The van der Waals surface area contributed by atoms with Crippen molar-refractivity contribution >= 4 is 35.0 Å². The highest BCUT2D eigenvalue weighted by atomic mass is 35.5. The summed E-state index contributed by atoms with van der Waals surface area (Å²) in [5, 5.41) is 0.277. The first-order chi connectivity index (χ1) is 20.7. The number of halogens is 2. The number of hydrogen-bond donors (Lipinski definition) is 0. The molecule has 43 heavy (non-hydrogen) atoms.